The van der Waals surface area contributed by atoms with E-state index in [-0.39, 0.29) is 0 Å². The van der Waals surface area contributed by atoms with Crippen molar-refractivity contribution in [2.24, 2.45) is 4.99 Å². The van der Waals surface area contributed by atoms with Crippen molar-refractivity contribution in [2.45, 2.75) is 6.04 Å². The predicted octanol–water partition coefficient (Wildman–Crippen LogP) is 1.63. The number of aliphatic carboxylic acids is 1. The van der Waals surface area contributed by atoms with Gasteiger partial charge in [-0.1, -0.05) is 35.5 Å². The fraction of sp³-hybridized carbons (Fsp3) is 0.182. The van der Waals surface area contributed by atoms with Gasteiger partial charge in [-0.25, -0.2) is 9.79 Å². The van der Waals surface area contributed by atoms with E-state index in [0.717, 1.165) is 0 Å². The van der Waals surface area contributed by atoms with Crippen LogP contribution in [-0.4, -0.2) is 33.9 Å². The van der Waals surface area contributed by atoms with Crippen molar-refractivity contribution in [3.8, 4) is 0 Å². The highest BCUT2D eigenvalue weighted by atomic mass is 35.5. The van der Waals surface area contributed by atoms with Gasteiger partial charge in [0.15, 0.2) is 11.2 Å². The molecular weight excluding hydrogens is 276 g/mol. The molecule has 1 aromatic rings. The second kappa shape index (κ2) is 5.41. The monoisotopic (exact) mass is 284 g/mol. The molecule has 0 bridgehead atoms. The number of carboxylic acid groups (broad SMARTS) is 1. The SMILES string of the molecule is O=C(NC1=NC(C(=O)O)CS1)c1ccccc1Cl. The van der Waals surface area contributed by atoms with Crippen LogP contribution in [0.2, 0.25) is 5.02 Å². The summed E-state index contributed by atoms with van der Waals surface area (Å²) in [4.78, 5) is 26.5. The number of amidine groups is 1. The largest absolute Gasteiger partial charge is 0.480 e. The van der Waals surface area contributed by atoms with Crippen LogP contribution in [0.5, 0.6) is 0 Å². The van der Waals surface area contributed by atoms with Gasteiger partial charge in [0.1, 0.15) is 0 Å². The van der Waals surface area contributed by atoms with E-state index in [1.54, 1.807) is 24.3 Å². The predicted molar refractivity (Wildman–Crippen MR) is 70.2 cm³/mol. The van der Waals surface area contributed by atoms with E-state index in [4.69, 9.17) is 16.7 Å². The highest BCUT2D eigenvalue weighted by Gasteiger charge is 2.25. The fourth-order valence-corrected chi connectivity index (χ4v) is 2.50. The minimum absolute atomic E-state index is 0.312. The van der Waals surface area contributed by atoms with Crippen molar-refractivity contribution in [3.63, 3.8) is 0 Å². The number of hydrogen-bond acceptors (Lipinski definition) is 4. The Morgan fingerprint density at radius 2 is 2.17 bits per heavy atom. The topological polar surface area (TPSA) is 78.8 Å². The van der Waals surface area contributed by atoms with Crippen molar-refractivity contribution in [2.75, 3.05) is 5.75 Å². The minimum atomic E-state index is -0.996. The molecule has 0 aliphatic carbocycles. The summed E-state index contributed by atoms with van der Waals surface area (Å²) in [7, 11) is 0. The third-order valence-electron chi connectivity index (χ3n) is 2.28. The fourth-order valence-electron chi connectivity index (χ4n) is 1.38. The molecule has 0 spiro atoms. The number of aliphatic imine (C=N–C) groups is 1. The van der Waals surface area contributed by atoms with E-state index in [1.807, 2.05) is 0 Å². The molecule has 0 saturated carbocycles. The normalized spacial score (nSPS) is 18.3. The Morgan fingerprint density at radius 1 is 1.44 bits per heavy atom. The number of amides is 1. The van der Waals surface area contributed by atoms with E-state index >= 15 is 0 Å². The quantitative estimate of drug-likeness (QED) is 0.865. The molecule has 0 radical (unpaired) electrons. The summed E-state index contributed by atoms with van der Waals surface area (Å²) in [6, 6.07) is 5.83. The first-order valence-corrected chi connectivity index (χ1v) is 6.43. The van der Waals surface area contributed by atoms with Gasteiger partial charge in [-0.15, -0.1) is 0 Å². The summed E-state index contributed by atoms with van der Waals surface area (Å²) in [5.74, 6) is -1.06. The van der Waals surface area contributed by atoms with Crippen LogP contribution in [0.25, 0.3) is 0 Å². The first kappa shape index (κ1) is 12.9. The van der Waals surface area contributed by atoms with Gasteiger partial charge >= 0.3 is 5.97 Å². The van der Waals surface area contributed by atoms with Gasteiger partial charge in [-0.3, -0.25) is 4.79 Å². The van der Waals surface area contributed by atoms with Gasteiger partial charge in [-0.05, 0) is 12.1 Å². The summed E-state index contributed by atoms with van der Waals surface area (Å²) in [5.41, 5.74) is 0.334. The van der Waals surface area contributed by atoms with Crippen molar-refractivity contribution in [3.05, 3.63) is 34.9 Å². The van der Waals surface area contributed by atoms with Gasteiger partial charge in [0.05, 0.1) is 10.6 Å². The standard InChI is InChI=1S/C11H9ClN2O3S/c12-7-4-2-1-3-6(7)9(15)14-11-13-8(5-18-11)10(16)17/h1-4,8H,5H2,(H,16,17)(H,13,14,15). The summed E-state index contributed by atoms with van der Waals surface area (Å²) in [5, 5.41) is 12.0. The Labute approximate surface area is 112 Å². The van der Waals surface area contributed by atoms with Gasteiger partial charge in [0.25, 0.3) is 5.91 Å². The lowest BCUT2D eigenvalue weighted by atomic mass is 10.2. The van der Waals surface area contributed by atoms with Gasteiger partial charge in [-0.2, -0.15) is 0 Å². The number of nitrogens with zero attached hydrogens (tertiary/aromatic N) is 1. The molecule has 18 heavy (non-hydrogen) atoms. The number of benzene rings is 1. The van der Waals surface area contributed by atoms with E-state index in [9.17, 15) is 9.59 Å². The Hall–Kier alpha value is -1.53. The Balaban J connectivity index is 2.07. The van der Waals surface area contributed by atoms with E-state index in [2.05, 4.69) is 10.3 Å². The van der Waals surface area contributed by atoms with Gasteiger partial charge in [0.2, 0.25) is 0 Å². The molecule has 0 aromatic heterocycles. The van der Waals surface area contributed by atoms with Crippen LogP contribution in [0.3, 0.4) is 0 Å². The lowest BCUT2D eigenvalue weighted by Gasteiger charge is -2.04. The maximum atomic E-state index is 11.9. The Morgan fingerprint density at radius 3 is 2.78 bits per heavy atom. The van der Waals surface area contributed by atoms with Crippen molar-refractivity contribution in [1.29, 1.82) is 0 Å². The number of carboxylic acids is 1. The molecule has 0 saturated heterocycles. The molecule has 1 unspecified atom stereocenters. The van der Waals surface area contributed by atoms with Crippen molar-refractivity contribution >= 4 is 40.4 Å². The second-order valence-electron chi connectivity index (χ2n) is 3.53. The molecule has 5 nitrogen and oxygen atoms in total. The second-order valence-corrected chi connectivity index (χ2v) is 4.95. The molecule has 1 aliphatic heterocycles. The number of thioether (sulfide) groups is 1. The summed E-state index contributed by atoms with van der Waals surface area (Å²) in [6.07, 6.45) is 0. The zero-order chi connectivity index (χ0) is 13.1. The number of rotatable bonds is 2. The summed E-state index contributed by atoms with van der Waals surface area (Å²) in [6.45, 7) is 0. The average molecular weight is 285 g/mol. The third-order valence-corrected chi connectivity index (χ3v) is 3.57. The maximum Gasteiger partial charge on any atom is 0.329 e. The minimum Gasteiger partial charge on any atom is -0.480 e. The first-order valence-electron chi connectivity index (χ1n) is 5.07. The lowest BCUT2D eigenvalue weighted by Crippen LogP contribution is -2.27. The summed E-state index contributed by atoms with van der Waals surface area (Å²) < 4.78 is 0. The zero-order valence-electron chi connectivity index (χ0n) is 9.09. The van der Waals surface area contributed by atoms with E-state index in [1.165, 1.54) is 11.8 Å². The molecular formula is C11H9ClN2O3S. The number of carbonyl (C=O) groups is 2. The maximum absolute atomic E-state index is 11.9. The molecule has 0 fully saturated rings. The molecule has 1 aliphatic rings. The van der Waals surface area contributed by atoms with Crippen LogP contribution in [-0.2, 0) is 4.79 Å². The molecule has 2 rings (SSSR count). The molecule has 94 valence electrons. The van der Waals surface area contributed by atoms with Crippen molar-refractivity contribution in [1.82, 2.24) is 5.32 Å². The van der Waals surface area contributed by atoms with Gasteiger partial charge in [0, 0.05) is 5.75 Å². The van der Waals surface area contributed by atoms with Gasteiger partial charge < -0.3 is 10.4 Å². The molecule has 1 atom stereocenters. The average Bonchev–Trinajstić information content (AvgIpc) is 2.78. The molecule has 7 heteroatoms. The van der Waals surface area contributed by atoms with Crippen LogP contribution >= 0.6 is 23.4 Å². The lowest BCUT2D eigenvalue weighted by molar-refractivity contribution is -0.137. The number of nitrogens with one attached hydrogen (secondary N) is 1. The Bertz CT molecular complexity index is 533. The number of carbonyl (C=O) groups excluding carboxylic acids is 1. The first-order chi connectivity index (χ1) is 8.58. The molecule has 2 N–H and O–H groups in total. The highest BCUT2D eigenvalue weighted by molar-refractivity contribution is 8.14. The summed E-state index contributed by atoms with van der Waals surface area (Å²) >= 11 is 7.08. The zero-order valence-corrected chi connectivity index (χ0v) is 10.7. The molecule has 1 amide bonds. The van der Waals surface area contributed by atoms with Crippen molar-refractivity contribution < 1.29 is 14.7 Å². The molecule has 1 aromatic carbocycles. The smallest absolute Gasteiger partial charge is 0.329 e. The van der Waals surface area contributed by atoms with Crippen LogP contribution in [0.4, 0.5) is 0 Å². The van der Waals surface area contributed by atoms with E-state index < -0.39 is 17.9 Å². The molecule has 1 heterocycles. The van der Waals surface area contributed by atoms with Crippen LogP contribution in [0.15, 0.2) is 29.3 Å². The van der Waals surface area contributed by atoms with E-state index in [0.29, 0.717) is 21.5 Å². The number of hydrogen-bond donors (Lipinski definition) is 2. The Kier molecular flexibility index (Phi) is 3.88. The van der Waals surface area contributed by atoms with Crippen LogP contribution < -0.4 is 5.32 Å². The van der Waals surface area contributed by atoms with Crippen LogP contribution in [0, 0.1) is 0 Å². The highest BCUT2D eigenvalue weighted by Crippen LogP contribution is 2.19. The van der Waals surface area contributed by atoms with Crippen LogP contribution in [0.1, 0.15) is 10.4 Å². The number of halogens is 1. The third kappa shape index (κ3) is 2.83.